The van der Waals surface area contributed by atoms with Crippen LogP contribution in [-0.2, 0) is 5.41 Å². The molecule has 0 N–H and O–H groups in total. The normalized spacial score (nSPS) is 11.4. The van der Waals surface area contributed by atoms with Gasteiger partial charge in [-0.3, -0.25) is 4.57 Å². The van der Waals surface area contributed by atoms with Crippen LogP contribution in [0.2, 0.25) is 0 Å². The van der Waals surface area contributed by atoms with E-state index >= 15 is 0 Å². The van der Waals surface area contributed by atoms with Crippen LogP contribution in [0.3, 0.4) is 0 Å². The van der Waals surface area contributed by atoms with Gasteiger partial charge in [0, 0.05) is 27.8 Å². The average Bonchev–Trinajstić information content (AvgIpc) is 3.68. The van der Waals surface area contributed by atoms with Crippen LogP contribution >= 0.6 is 0 Å². The summed E-state index contributed by atoms with van der Waals surface area (Å²) in [4.78, 5) is 20.3. The number of hydrogen-bond acceptors (Lipinski definition) is 5. The van der Waals surface area contributed by atoms with E-state index in [-0.39, 0.29) is 5.41 Å². The Morgan fingerprint density at radius 1 is 0.439 bits per heavy atom. The standard InChI is InChI=1S/C51H38N6/c1-51(2,3)50-53-45-21-9-10-22-46(45)57(50)42-29-27-36(28-30-42)38-15-11-17-40(31-38)43-19-7-8-20-44(43)49-55-47(37-13-5-4-6-14-37)54-48(56-49)41-18-12-16-39(32-41)35-25-23-34(33-52)24-26-35/h4-32H,1-3H3. The van der Waals surface area contributed by atoms with Crippen molar-refractivity contribution >= 4 is 11.0 Å². The third-order valence-corrected chi connectivity index (χ3v) is 10.2. The molecule has 2 heterocycles. The molecular formula is C51H38N6. The number of nitriles is 1. The van der Waals surface area contributed by atoms with Crippen molar-refractivity contribution < 1.29 is 0 Å². The Kier molecular flexibility index (Phi) is 9.04. The van der Waals surface area contributed by atoms with Gasteiger partial charge in [0.2, 0.25) is 0 Å². The number of para-hydroxylation sites is 2. The number of hydrogen-bond donors (Lipinski definition) is 0. The highest BCUT2D eigenvalue weighted by Gasteiger charge is 2.24. The van der Waals surface area contributed by atoms with E-state index in [2.05, 4.69) is 128 Å². The molecule has 272 valence electrons. The minimum absolute atomic E-state index is 0.128. The van der Waals surface area contributed by atoms with Gasteiger partial charge in [-0.2, -0.15) is 5.26 Å². The zero-order valence-corrected chi connectivity index (χ0v) is 31.9. The second-order valence-electron chi connectivity index (χ2n) is 15.1. The molecule has 6 heteroatoms. The molecule has 0 bridgehead atoms. The van der Waals surface area contributed by atoms with E-state index in [9.17, 15) is 5.26 Å². The maximum absolute atomic E-state index is 9.31. The molecule has 0 saturated carbocycles. The van der Waals surface area contributed by atoms with Crippen molar-refractivity contribution in [2.75, 3.05) is 0 Å². The van der Waals surface area contributed by atoms with Crippen molar-refractivity contribution in [2.24, 2.45) is 0 Å². The van der Waals surface area contributed by atoms with Gasteiger partial charge >= 0.3 is 0 Å². The highest BCUT2D eigenvalue weighted by atomic mass is 15.1. The highest BCUT2D eigenvalue weighted by molar-refractivity contribution is 5.85. The van der Waals surface area contributed by atoms with E-state index in [1.807, 2.05) is 78.9 Å². The summed E-state index contributed by atoms with van der Waals surface area (Å²) >= 11 is 0. The first kappa shape index (κ1) is 35.2. The van der Waals surface area contributed by atoms with Crippen molar-refractivity contribution in [3.05, 3.63) is 187 Å². The van der Waals surface area contributed by atoms with Gasteiger partial charge < -0.3 is 0 Å². The molecule has 2 aromatic heterocycles. The monoisotopic (exact) mass is 734 g/mol. The van der Waals surface area contributed by atoms with Crippen LogP contribution in [0.15, 0.2) is 176 Å². The summed E-state index contributed by atoms with van der Waals surface area (Å²) in [6.45, 7) is 6.62. The summed E-state index contributed by atoms with van der Waals surface area (Å²) in [5.74, 6) is 2.81. The molecular weight excluding hydrogens is 697 g/mol. The largest absolute Gasteiger partial charge is 0.296 e. The van der Waals surface area contributed by atoms with Crippen LogP contribution in [-0.4, -0.2) is 24.5 Å². The molecule has 0 aliphatic rings. The van der Waals surface area contributed by atoms with Gasteiger partial charge in [0.1, 0.15) is 5.82 Å². The molecule has 0 atom stereocenters. The smallest absolute Gasteiger partial charge is 0.164 e. The Morgan fingerprint density at radius 2 is 0.965 bits per heavy atom. The van der Waals surface area contributed by atoms with E-state index in [1.54, 1.807) is 0 Å². The summed E-state index contributed by atoms with van der Waals surface area (Å²) in [6.07, 6.45) is 0. The summed E-state index contributed by atoms with van der Waals surface area (Å²) in [6, 6.07) is 62.1. The lowest BCUT2D eigenvalue weighted by molar-refractivity contribution is 0.539. The maximum atomic E-state index is 9.31. The number of aromatic nitrogens is 5. The molecule has 0 amide bonds. The summed E-state index contributed by atoms with van der Waals surface area (Å²) in [5.41, 5.74) is 12.7. The second-order valence-corrected chi connectivity index (χ2v) is 15.1. The highest BCUT2D eigenvalue weighted by Crippen LogP contribution is 2.36. The lowest BCUT2D eigenvalue weighted by atomic mass is 9.94. The molecule has 0 fully saturated rings. The third-order valence-electron chi connectivity index (χ3n) is 10.2. The molecule has 6 nitrogen and oxygen atoms in total. The Labute approximate surface area is 332 Å². The number of imidazole rings is 1. The molecule has 9 aromatic rings. The number of fused-ring (bicyclic) bond motifs is 1. The van der Waals surface area contributed by atoms with Crippen molar-refractivity contribution in [1.82, 2.24) is 24.5 Å². The molecule has 0 saturated heterocycles. The van der Waals surface area contributed by atoms with Crippen LogP contribution in [0.4, 0.5) is 0 Å². The molecule has 0 aliphatic heterocycles. The predicted octanol–water partition coefficient (Wildman–Crippen LogP) is 12.4. The van der Waals surface area contributed by atoms with Gasteiger partial charge in [0.25, 0.3) is 0 Å². The van der Waals surface area contributed by atoms with Crippen LogP contribution in [0, 0.1) is 11.3 Å². The fourth-order valence-electron chi connectivity index (χ4n) is 7.31. The molecule has 0 radical (unpaired) electrons. The van der Waals surface area contributed by atoms with E-state index in [0.29, 0.717) is 23.0 Å². The fraction of sp³-hybridized carbons (Fsp3) is 0.0784. The first-order valence-electron chi connectivity index (χ1n) is 19.0. The summed E-state index contributed by atoms with van der Waals surface area (Å²) in [7, 11) is 0. The van der Waals surface area contributed by atoms with Gasteiger partial charge in [-0.25, -0.2) is 19.9 Å². The zero-order chi connectivity index (χ0) is 38.9. The topological polar surface area (TPSA) is 80.3 Å². The van der Waals surface area contributed by atoms with Crippen molar-refractivity contribution in [2.45, 2.75) is 26.2 Å². The molecule has 0 aliphatic carbocycles. The SMILES string of the molecule is CC(C)(C)c1nc2ccccc2n1-c1ccc(-c2cccc(-c3ccccc3-c3nc(-c4ccccc4)nc(-c4cccc(-c5ccc(C#N)cc5)c4)n3)c2)cc1. The average molecular weight is 735 g/mol. The Bertz CT molecular complexity index is 2930. The first-order chi connectivity index (χ1) is 27.8. The van der Waals surface area contributed by atoms with Gasteiger partial charge in [-0.15, -0.1) is 0 Å². The fourth-order valence-corrected chi connectivity index (χ4v) is 7.31. The van der Waals surface area contributed by atoms with Crippen molar-refractivity contribution in [3.8, 4) is 79.3 Å². The van der Waals surface area contributed by atoms with Gasteiger partial charge in [-0.1, -0.05) is 148 Å². The van der Waals surface area contributed by atoms with E-state index < -0.39 is 0 Å². The Balaban J connectivity index is 1.11. The first-order valence-corrected chi connectivity index (χ1v) is 19.0. The minimum atomic E-state index is -0.128. The second kappa shape index (κ2) is 14.6. The number of benzene rings is 7. The van der Waals surface area contributed by atoms with Crippen LogP contribution < -0.4 is 0 Å². The van der Waals surface area contributed by atoms with Gasteiger partial charge in [0.05, 0.1) is 22.7 Å². The maximum Gasteiger partial charge on any atom is 0.164 e. The summed E-state index contributed by atoms with van der Waals surface area (Å²) in [5, 5.41) is 9.31. The van der Waals surface area contributed by atoms with Gasteiger partial charge in [-0.05, 0) is 81.9 Å². The lowest BCUT2D eigenvalue weighted by Gasteiger charge is -2.20. The lowest BCUT2D eigenvalue weighted by Crippen LogP contribution is -2.18. The predicted molar refractivity (Wildman–Crippen MR) is 230 cm³/mol. The number of nitrogens with zero attached hydrogens (tertiary/aromatic N) is 6. The van der Waals surface area contributed by atoms with Crippen LogP contribution in [0.5, 0.6) is 0 Å². The Hall–Kier alpha value is -7.49. The van der Waals surface area contributed by atoms with E-state index in [0.717, 1.165) is 72.6 Å². The van der Waals surface area contributed by atoms with Gasteiger partial charge in [0.15, 0.2) is 17.5 Å². The van der Waals surface area contributed by atoms with Crippen molar-refractivity contribution in [3.63, 3.8) is 0 Å². The third kappa shape index (κ3) is 6.99. The Morgan fingerprint density at radius 3 is 1.65 bits per heavy atom. The molecule has 9 rings (SSSR count). The van der Waals surface area contributed by atoms with E-state index in [4.69, 9.17) is 19.9 Å². The molecule has 7 aromatic carbocycles. The van der Waals surface area contributed by atoms with E-state index in [1.165, 1.54) is 0 Å². The van der Waals surface area contributed by atoms with Crippen LogP contribution in [0.25, 0.3) is 84.3 Å². The molecule has 0 spiro atoms. The minimum Gasteiger partial charge on any atom is -0.296 e. The zero-order valence-electron chi connectivity index (χ0n) is 31.9. The van der Waals surface area contributed by atoms with Crippen molar-refractivity contribution in [1.29, 1.82) is 5.26 Å². The quantitative estimate of drug-likeness (QED) is 0.163. The van der Waals surface area contributed by atoms with Crippen LogP contribution in [0.1, 0.15) is 32.2 Å². The number of rotatable bonds is 7. The molecule has 0 unspecified atom stereocenters. The summed E-state index contributed by atoms with van der Waals surface area (Å²) < 4.78 is 2.28. The molecule has 57 heavy (non-hydrogen) atoms.